The lowest BCUT2D eigenvalue weighted by molar-refractivity contribution is -0.142. The van der Waals surface area contributed by atoms with E-state index < -0.39 is 54.2 Å². The molecule has 32 heavy (non-hydrogen) atoms. The molecule has 0 radical (unpaired) electrons. The molecule has 0 unspecified atom stereocenters. The molecule has 1 heterocycles. The Bertz CT molecular complexity index is 1020. The Kier molecular flexibility index (Phi) is 8.30. The van der Waals surface area contributed by atoms with Crippen LogP contribution in [0.3, 0.4) is 0 Å². The van der Waals surface area contributed by atoms with Gasteiger partial charge >= 0.3 is 11.9 Å². The van der Waals surface area contributed by atoms with Crippen LogP contribution in [0.1, 0.15) is 24.8 Å². The lowest BCUT2D eigenvalue weighted by Crippen LogP contribution is -2.55. The van der Waals surface area contributed by atoms with E-state index in [-0.39, 0.29) is 19.3 Å². The van der Waals surface area contributed by atoms with Crippen LogP contribution in [0.5, 0.6) is 0 Å². The van der Waals surface area contributed by atoms with Gasteiger partial charge in [-0.3, -0.25) is 19.2 Å². The first-order valence-corrected chi connectivity index (χ1v) is 9.72. The van der Waals surface area contributed by atoms with E-state index in [1.165, 1.54) is 0 Å². The van der Waals surface area contributed by atoms with Crippen molar-refractivity contribution < 1.29 is 34.2 Å². The standard InChI is InChI=1S/C20H25N5O7/c21-12(8-17(27)28)18(29)24-14(5-6-16(22)26)19(30)25-15(20(31)32)7-10-9-23-13-4-2-1-3-11(10)13/h1-4,9,12,14-15,23H,5-8,21H2,(H2,22,26)(H,24,29)(H,25,30)(H,27,28)(H,31,32)/t12-,14-,15-/m0/s1. The largest absolute Gasteiger partial charge is 0.481 e. The first kappa shape index (κ1) is 24.3. The summed E-state index contributed by atoms with van der Waals surface area (Å²) in [5.74, 6) is -5.14. The highest BCUT2D eigenvalue weighted by Gasteiger charge is 2.29. The summed E-state index contributed by atoms with van der Waals surface area (Å²) in [5, 5.41) is 23.8. The molecule has 12 nitrogen and oxygen atoms in total. The number of rotatable bonds is 12. The number of carbonyl (C=O) groups excluding carboxylic acids is 3. The summed E-state index contributed by atoms with van der Waals surface area (Å²) in [6, 6.07) is 3.15. The van der Waals surface area contributed by atoms with Gasteiger partial charge in [0.15, 0.2) is 0 Å². The van der Waals surface area contributed by atoms with Gasteiger partial charge in [-0.1, -0.05) is 18.2 Å². The third kappa shape index (κ3) is 6.80. The molecule has 3 atom stereocenters. The van der Waals surface area contributed by atoms with Gasteiger partial charge in [0.25, 0.3) is 0 Å². The number of para-hydroxylation sites is 1. The van der Waals surface area contributed by atoms with E-state index in [1.54, 1.807) is 12.3 Å². The lowest BCUT2D eigenvalue weighted by Gasteiger charge is -2.22. The molecule has 0 spiro atoms. The Morgan fingerprint density at radius 3 is 2.28 bits per heavy atom. The summed E-state index contributed by atoms with van der Waals surface area (Å²) in [5.41, 5.74) is 12.1. The molecular formula is C20H25N5O7. The number of nitrogens with one attached hydrogen (secondary N) is 3. The van der Waals surface area contributed by atoms with Gasteiger partial charge in [-0.15, -0.1) is 0 Å². The van der Waals surface area contributed by atoms with Gasteiger partial charge < -0.3 is 37.3 Å². The van der Waals surface area contributed by atoms with Crippen LogP contribution in [-0.2, 0) is 30.4 Å². The highest BCUT2D eigenvalue weighted by molar-refractivity contribution is 5.93. The minimum Gasteiger partial charge on any atom is -0.481 e. The maximum Gasteiger partial charge on any atom is 0.326 e. The molecule has 3 amide bonds. The molecule has 172 valence electrons. The third-order valence-corrected chi connectivity index (χ3v) is 4.76. The van der Waals surface area contributed by atoms with Crippen LogP contribution in [-0.4, -0.2) is 63.0 Å². The van der Waals surface area contributed by atoms with E-state index in [0.717, 1.165) is 10.9 Å². The zero-order valence-corrected chi connectivity index (χ0v) is 17.0. The second-order valence-corrected chi connectivity index (χ2v) is 7.23. The molecule has 9 N–H and O–H groups in total. The molecule has 0 aliphatic heterocycles. The number of carboxylic acid groups (broad SMARTS) is 2. The molecule has 0 aliphatic rings. The predicted molar refractivity (Wildman–Crippen MR) is 112 cm³/mol. The Labute approximate surface area is 182 Å². The molecular weight excluding hydrogens is 422 g/mol. The SMILES string of the molecule is NC(=O)CC[C@H](NC(=O)[C@@H](N)CC(=O)O)C(=O)N[C@@H](Cc1c[nH]c2ccccc12)C(=O)O. The van der Waals surface area contributed by atoms with Gasteiger partial charge in [0.2, 0.25) is 17.7 Å². The predicted octanol–water partition coefficient (Wildman–Crippen LogP) is -1.17. The quantitative estimate of drug-likeness (QED) is 0.210. The number of nitrogens with two attached hydrogens (primary N) is 2. The molecule has 1 aromatic heterocycles. The van der Waals surface area contributed by atoms with Gasteiger partial charge in [0, 0.05) is 29.9 Å². The number of primary amides is 1. The minimum atomic E-state index is -1.43. The van der Waals surface area contributed by atoms with Crippen molar-refractivity contribution in [3.63, 3.8) is 0 Å². The number of hydrogen-bond acceptors (Lipinski definition) is 6. The van der Waals surface area contributed by atoms with E-state index >= 15 is 0 Å². The number of fused-ring (bicyclic) bond motifs is 1. The van der Waals surface area contributed by atoms with Gasteiger partial charge in [0.1, 0.15) is 12.1 Å². The fourth-order valence-corrected chi connectivity index (χ4v) is 3.11. The maximum absolute atomic E-state index is 12.7. The van der Waals surface area contributed by atoms with Crippen molar-refractivity contribution >= 4 is 40.6 Å². The molecule has 0 aliphatic carbocycles. The highest BCUT2D eigenvalue weighted by Crippen LogP contribution is 2.19. The summed E-state index contributed by atoms with van der Waals surface area (Å²) in [6.07, 6.45) is 0.442. The van der Waals surface area contributed by atoms with E-state index in [9.17, 15) is 29.1 Å². The van der Waals surface area contributed by atoms with Crippen molar-refractivity contribution in [1.29, 1.82) is 0 Å². The molecule has 0 saturated heterocycles. The van der Waals surface area contributed by atoms with Crippen LogP contribution < -0.4 is 22.1 Å². The smallest absolute Gasteiger partial charge is 0.326 e. The molecule has 2 aromatic rings. The highest BCUT2D eigenvalue weighted by atomic mass is 16.4. The number of H-pyrrole nitrogens is 1. The van der Waals surface area contributed by atoms with E-state index in [1.807, 2.05) is 18.2 Å². The monoisotopic (exact) mass is 447 g/mol. The first-order chi connectivity index (χ1) is 15.1. The molecule has 0 fully saturated rings. The average molecular weight is 447 g/mol. The van der Waals surface area contributed by atoms with Crippen molar-refractivity contribution in [2.45, 2.75) is 43.8 Å². The Hall–Kier alpha value is -3.93. The Morgan fingerprint density at radius 1 is 1.00 bits per heavy atom. The van der Waals surface area contributed by atoms with Crippen LogP contribution in [0.2, 0.25) is 0 Å². The normalized spacial score (nSPS) is 13.7. The maximum atomic E-state index is 12.7. The molecule has 12 heteroatoms. The summed E-state index contributed by atoms with van der Waals surface area (Å²) >= 11 is 0. The average Bonchev–Trinajstić information content (AvgIpc) is 3.12. The molecule has 1 aromatic carbocycles. The number of carbonyl (C=O) groups is 5. The van der Waals surface area contributed by atoms with Crippen molar-refractivity contribution in [3.05, 3.63) is 36.0 Å². The Balaban J connectivity index is 2.14. The fourth-order valence-electron chi connectivity index (χ4n) is 3.11. The van der Waals surface area contributed by atoms with E-state index in [4.69, 9.17) is 16.6 Å². The zero-order chi connectivity index (χ0) is 23.8. The third-order valence-electron chi connectivity index (χ3n) is 4.76. The number of aliphatic carboxylic acids is 2. The van der Waals surface area contributed by atoms with Gasteiger partial charge in [0.05, 0.1) is 12.5 Å². The van der Waals surface area contributed by atoms with Crippen LogP contribution in [0.25, 0.3) is 10.9 Å². The van der Waals surface area contributed by atoms with Crippen LogP contribution in [0.15, 0.2) is 30.5 Å². The number of carboxylic acids is 2. The number of aromatic amines is 1. The zero-order valence-electron chi connectivity index (χ0n) is 17.0. The van der Waals surface area contributed by atoms with Crippen LogP contribution in [0.4, 0.5) is 0 Å². The topological polar surface area (TPSA) is 218 Å². The second kappa shape index (κ2) is 10.9. The van der Waals surface area contributed by atoms with Crippen molar-refractivity contribution in [2.24, 2.45) is 11.5 Å². The molecule has 2 rings (SSSR count). The summed E-state index contributed by atoms with van der Waals surface area (Å²) < 4.78 is 0. The minimum absolute atomic E-state index is 0.0416. The summed E-state index contributed by atoms with van der Waals surface area (Å²) in [7, 11) is 0. The van der Waals surface area contributed by atoms with E-state index in [2.05, 4.69) is 15.6 Å². The van der Waals surface area contributed by atoms with Crippen molar-refractivity contribution in [1.82, 2.24) is 15.6 Å². The number of hydrogen-bond donors (Lipinski definition) is 7. The first-order valence-electron chi connectivity index (χ1n) is 9.72. The Morgan fingerprint density at radius 2 is 1.66 bits per heavy atom. The van der Waals surface area contributed by atoms with E-state index in [0.29, 0.717) is 5.56 Å². The molecule has 0 saturated carbocycles. The summed E-state index contributed by atoms with van der Waals surface area (Å²) in [4.78, 5) is 61.5. The van der Waals surface area contributed by atoms with Crippen molar-refractivity contribution in [2.75, 3.05) is 0 Å². The number of aromatic nitrogens is 1. The lowest BCUT2D eigenvalue weighted by atomic mass is 10.0. The van der Waals surface area contributed by atoms with Gasteiger partial charge in [-0.05, 0) is 18.1 Å². The van der Waals surface area contributed by atoms with Crippen LogP contribution in [0, 0.1) is 0 Å². The van der Waals surface area contributed by atoms with Gasteiger partial charge in [-0.25, -0.2) is 4.79 Å². The van der Waals surface area contributed by atoms with Crippen LogP contribution >= 0.6 is 0 Å². The van der Waals surface area contributed by atoms with Crippen molar-refractivity contribution in [3.8, 4) is 0 Å². The number of amides is 3. The fraction of sp³-hybridized carbons (Fsp3) is 0.350. The molecule has 0 bridgehead atoms. The second-order valence-electron chi connectivity index (χ2n) is 7.23. The number of benzene rings is 1. The van der Waals surface area contributed by atoms with Gasteiger partial charge in [-0.2, -0.15) is 0 Å². The summed E-state index contributed by atoms with van der Waals surface area (Å²) in [6.45, 7) is 0.